The van der Waals surface area contributed by atoms with Gasteiger partial charge in [0.15, 0.2) is 5.58 Å². The van der Waals surface area contributed by atoms with Crippen LogP contribution in [-0.4, -0.2) is 10.9 Å². The van der Waals surface area contributed by atoms with Crippen LogP contribution in [0, 0.1) is 5.41 Å². The summed E-state index contributed by atoms with van der Waals surface area (Å²) < 4.78 is 5.76. The molecule has 1 amide bonds. The van der Waals surface area contributed by atoms with Crippen molar-refractivity contribution in [3.05, 3.63) is 54.1 Å². The van der Waals surface area contributed by atoms with Gasteiger partial charge in [-0.3, -0.25) is 4.79 Å². The third kappa shape index (κ3) is 3.42. The predicted molar refractivity (Wildman–Crippen MR) is 90.7 cm³/mol. The minimum atomic E-state index is -0.377. The maximum absolute atomic E-state index is 11.9. The average Bonchev–Trinajstić information content (AvgIpc) is 2.96. The Hall–Kier alpha value is -2.62. The Kier molecular flexibility index (Phi) is 3.90. The van der Waals surface area contributed by atoms with Gasteiger partial charge >= 0.3 is 0 Å². The van der Waals surface area contributed by atoms with Crippen LogP contribution < -0.4 is 5.32 Å². The summed E-state index contributed by atoms with van der Waals surface area (Å²) in [4.78, 5) is 16.4. The van der Waals surface area contributed by atoms with E-state index in [4.69, 9.17) is 4.42 Å². The fourth-order valence-corrected chi connectivity index (χ4v) is 2.21. The van der Waals surface area contributed by atoms with Gasteiger partial charge in [0.1, 0.15) is 5.52 Å². The molecule has 0 aliphatic heterocycles. The summed E-state index contributed by atoms with van der Waals surface area (Å²) in [7, 11) is 0. The summed E-state index contributed by atoms with van der Waals surface area (Å²) in [6.45, 7) is 6.22. The first-order valence-corrected chi connectivity index (χ1v) is 7.67. The molecule has 0 fully saturated rings. The van der Waals surface area contributed by atoms with E-state index < -0.39 is 0 Å². The molecule has 0 saturated heterocycles. The number of rotatable bonds is 3. The van der Waals surface area contributed by atoms with E-state index in [1.807, 2.05) is 69.3 Å². The third-order valence-electron chi connectivity index (χ3n) is 3.63. The molecule has 3 aromatic rings. The zero-order valence-corrected chi connectivity index (χ0v) is 13.6. The normalized spacial score (nSPS) is 11.6. The number of nitrogens with one attached hydrogen (secondary N) is 1. The lowest BCUT2D eigenvalue weighted by molar-refractivity contribution is -0.128. The van der Waals surface area contributed by atoms with Gasteiger partial charge in [-0.05, 0) is 29.8 Å². The van der Waals surface area contributed by atoms with Crippen LogP contribution in [0.15, 0.2) is 52.9 Å². The Bertz CT molecular complexity index is 793. The summed E-state index contributed by atoms with van der Waals surface area (Å²) in [6, 6.07) is 15.6. The molecular weight excluding hydrogens is 288 g/mol. The Labute approximate surface area is 135 Å². The molecule has 0 atom stereocenters. The predicted octanol–water partition coefficient (Wildman–Crippen LogP) is 4.16. The lowest BCUT2D eigenvalue weighted by Crippen LogP contribution is -2.34. The lowest BCUT2D eigenvalue weighted by atomic mass is 9.95. The third-order valence-corrected chi connectivity index (χ3v) is 3.63. The second kappa shape index (κ2) is 5.88. The number of oxazole rings is 1. The molecule has 0 unspecified atom stereocenters. The van der Waals surface area contributed by atoms with Crippen molar-refractivity contribution in [1.29, 1.82) is 0 Å². The van der Waals surface area contributed by atoms with Crippen LogP contribution in [0.25, 0.3) is 22.6 Å². The fraction of sp³-hybridized carbons (Fsp3) is 0.263. The number of fused-ring (bicyclic) bond motifs is 1. The molecule has 1 N–H and O–H groups in total. The number of amides is 1. The fourth-order valence-electron chi connectivity index (χ4n) is 2.21. The number of aromatic nitrogens is 1. The standard InChI is InChI=1S/C19H20N2O2/c1-19(2,3)18(22)20-12-13-8-10-14(11-9-13)17-21-15-6-4-5-7-16(15)23-17/h4-11H,12H2,1-3H3,(H,20,22). The Morgan fingerprint density at radius 2 is 1.78 bits per heavy atom. The van der Waals surface area contributed by atoms with Crippen molar-refractivity contribution in [1.82, 2.24) is 10.3 Å². The first-order chi connectivity index (χ1) is 10.9. The number of hydrogen-bond acceptors (Lipinski definition) is 3. The molecule has 23 heavy (non-hydrogen) atoms. The highest BCUT2D eigenvalue weighted by Crippen LogP contribution is 2.24. The van der Waals surface area contributed by atoms with Crippen LogP contribution in [0.1, 0.15) is 26.3 Å². The minimum absolute atomic E-state index is 0.0422. The van der Waals surface area contributed by atoms with Gasteiger partial charge in [-0.15, -0.1) is 0 Å². The van der Waals surface area contributed by atoms with Gasteiger partial charge in [0.05, 0.1) is 0 Å². The number of hydrogen-bond donors (Lipinski definition) is 1. The first kappa shape index (κ1) is 15.3. The van der Waals surface area contributed by atoms with E-state index in [1.165, 1.54) is 0 Å². The molecule has 3 rings (SSSR count). The number of nitrogens with zero attached hydrogens (tertiary/aromatic N) is 1. The minimum Gasteiger partial charge on any atom is -0.436 e. The summed E-state index contributed by atoms with van der Waals surface area (Å²) >= 11 is 0. The average molecular weight is 308 g/mol. The van der Waals surface area contributed by atoms with E-state index in [2.05, 4.69) is 10.3 Å². The summed E-state index contributed by atoms with van der Waals surface area (Å²) in [6.07, 6.45) is 0. The zero-order valence-electron chi connectivity index (χ0n) is 13.6. The summed E-state index contributed by atoms with van der Waals surface area (Å²) in [5.74, 6) is 0.650. The monoisotopic (exact) mass is 308 g/mol. The van der Waals surface area contributed by atoms with Crippen molar-refractivity contribution in [2.45, 2.75) is 27.3 Å². The quantitative estimate of drug-likeness (QED) is 0.790. The number of benzene rings is 2. The molecule has 1 heterocycles. The molecule has 0 aliphatic rings. The largest absolute Gasteiger partial charge is 0.436 e. The summed E-state index contributed by atoms with van der Waals surface area (Å²) in [5.41, 5.74) is 3.22. The molecule has 2 aromatic carbocycles. The summed E-state index contributed by atoms with van der Waals surface area (Å²) in [5, 5.41) is 2.94. The molecule has 4 nitrogen and oxygen atoms in total. The highest BCUT2D eigenvalue weighted by Gasteiger charge is 2.20. The van der Waals surface area contributed by atoms with E-state index in [1.54, 1.807) is 0 Å². The van der Waals surface area contributed by atoms with E-state index in [0.29, 0.717) is 12.4 Å². The molecule has 0 saturated carbocycles. The van der Waals surface area contributed by atoms with Gasteiger partial charge < -0.3 is 9.73 Å². The zero-order chi connectivity index (χ0) is 16.4. The van der Waals surface area contributed by atoms with Gasteiger partial charge in [-0.1, -0.05) is 45.0 Å². The van der Waals surface area contributed by atoms with E-state index in [9.17, 15) is 4.79 Å². The highest BCUT2D eigenvalue weighted by molar-refractivity contribution is 5.81. The second-order valence-corrected chi connectivity index (χ2v) is 6.62. The number of carbonyl (C=O) groups excluding carboxylic acids is 1. The highest BCUT2D eigenvalue weighted by atomic mass is 16.3. The van der Waals surface area contributed by atoms with E-state index >= 15 is 0 Å². The van der Waals surface area contributed by atoms with Crippen LogP contribution in [-0.2, 0) is 11.3 Å². The second-order valence-electron chi connectivity index (χ2n) is 6.62. The van der Waals surface area contributed by atoms with Crippen molar-refractivity contribution < 1.29 is 9.21 Å². The van der Waals surface area contributed by atoms with Crippen molar-refractivity contribution in [3.63, 3.8) is 0 Å². The van der Waals surface area contributed by atoms with E-state index in [-0.39, 0.29) is 11.3 Å². The maximum Gasteiger partial charge on any atom is 0.227 e. The molecule has 118 valence electrons. The van der Waals surface area contributed by atoms with Crippen molar-refractivity contribution >= 4 is 17.0 Å². The maximum atomic E-state index is 11.9. The van der Waals surface area contributed by atoms with Gasteiger partial charge in [0.2, 0.25) is 11.8 Å². The SMILES string of the molecule is CC(C)(C)C(=O)NCc1ccc(-c2nc3ccccc3o2)cc1. The molecular formula is C19H20N2O2. The van der Waals surface area contributed by atoms with Gasteiger partial charge in [0, 0.05) is 17.5 Å². The van der Waals surface area contributed by atoms with Crippen LogP contribution in [0.2, 0.25) is 0 Å². The molecule has 0 radical (unpaired) electrons. The molecule has 4 heteroatoms. The van der Waals surface area contributed by atoms with Crippen LogP contribution >= 0.6 is 0 Å². The van der Waals surface area contributed by atoms with Gasteiger partial charge in [-0.25, -0.2) is 4.98 Å². The smallest absolute Gasteiger partial charge is 0.227 e. The lowest BCUT2D eigenvalue weighted by Gasteiger charge is -2.17. The molecule has 0 aliphatic carbocycles. The molecule has 0 spiro atoms. The van der Waals surface area contributed by atoms with Crippen molar-refractivity contribution in [2.24, 2.45) is 5.41 Å². The van der Waals surface area contributed by atoms with Crippen LogP contribution in [0.5, 0.6) is 0 Å². The van der Waals surface area contributed by atoms with Crippen LogP contribution in [0.3, 0.4) is 0 Å². The number of para-hydroxylation sites is 2. The Balaban J connectivity index is 1.73. The topological polar surface area (TPSA) is 55.1 Å². The van der Waals surface area contributed by atoms with Gasteiger partial charge in [0.25, 0.3) is 0 Å². The van der Waals surface area contributed by atoms with Gasteiger partial charge in [-0.2, -0.15) is 0 Å². The molecule has 0 bridgehead atoms. The van der Waals surface area contributed by atoms with Crippen LogP contribution in [0.4, 0.5) is 0 Å². The first-order valence-electron chi connectivity index (χ1n) is 7.67. The Morgan fingerprint density at radius 1 is 1.09 bits per heavy atom. The van der Waals surface area contributed by atoms with Crippen molar-refractivity contribution in [3.8, 4) is 11.5 Å². The van der Waals surface area contributed by atoms with Crippen molar-refractivity contribution in [2.75, 3.05) is 0 Å². The molecule has 1 aromatic heterocycles. The number of carbonyl (C=O) groups is 1. The van der Waals surface area contributed by atoms with E-state index in [0.717, 1.165) is 22.2 Å². The Morgan fingerprint density at radius 3 is 2.43 bits per heavy atom.